The third kappa shape index (κ3) is 4.78. The van der Waals surface area contributed by atoms with Gasteiger partial charge in [-0.25, -0.2) is 0 Å². The van der Waals surface area contributed by atoms with Crippen molar-refractivity contribution < 1.29 is 0 Å². The number of rotatable bonds is 6. The number of hydrogen-bond donors (Lipinski definition) is 1. The summed E-state index contributed by atoms with van der Waals surface area (Å²) in [6, 6.07) is 8.99. The Bertz CT molecular complexity index is 339. The Morgan fingerprint density at radius 1 is 1.35 bits per heavy atom. The molecule has 3 heteroatoms. The van der Waals surface area contributed by atoms with E-state index in [1.165, 1.54) is 5.56 Å². The third-order valence-electron chi connectivity index (χ3n) is 3.14. The largest absolute Gasteiger partial charge is 0.324 e. The van der Waals surface area contributed by atoms with Crippen molar-refractivity contribution in [2.24, 2.45) is 5.73 Å². The zero-order valence-corrected chi connectivity index (χ0v) is 12.6. The molecule has 0 radical (unpaired) electrons. The molecule has 1 unspecified atom stereocenters. The first kappa shape index (κ1) is 14.7. The highest BCUT2D eigenvalue weighted by molar-refractivity contribution is 9.10. The van der Waals surface area contributed by atoms with Gasteiger partial charge in [0.15, 0.2) is 0 Å². The third-order valence-corrected chi connectivity index (χ3v) is 3.63. The van der Waals surface area contributed by atoms with Crippen molar-refractivity contribution in [1.82, 2.24) is 4.90 Å². The Hall–Kier alpha value is -0.380. The van der Waals surface area contributed by atoms with Crippen LogP contribution in [-0.4, -0.2) is 24.0 Å². The summed E-state index contributed by atoms with van der Waals surface area (Å²) in [6.07, 6.45) is 1.00. The second kappa shape index (κ2) is 7.14. The Labute approximate surface area is 113 Å². The van der Waals surface area contributed by atoms with Crippen molar-refractivity contribution in [1.29, 1.82) is 0 Å². The van der Waals surface area contributed by atoms with E-state index in [9.17, 15) is 0 Å². The Kier molecular flexibility index (Phi) is 6.17. The van der Waals surface area contributed by atoms with Gasteiger partial charge in [0.1, 0.15) is 0 Å². The average Bonchev–Trinajstić information content (AvgIpc) is 2.29. The minimum Gasteiger partial charge on any atom is -0.324 e. The summed E-state index contributed by atoms with van der Waals surface area (Å²) in [5, 5.41) is 0. The van der Waals surface area contributed by atoms with Gasteiger partial charge in [0.25, 0.3) is 0 Å². The van der Waals surface area contributed by atoms with Crippen LogP contribution >= 0.6 is 15.9 Å². The lowest BCUT2D eigenvalue weighted by Crippen LogP contribution is -2.33. The van der Waals surface area contributed by atoms with Crippen molar-refractivity contribution in [2.75, 3.05) is 13.1 Å². The first-order valence-corrected chi connectivity index (χ1v) is 7.09. The summed E-state index contributed by atoms with van der Waals surface area (Å²) < 4.78 is 1.10. The lowest BCUT2D eigenvalue weighted by molar-refractivity contribution is 0.225. The summed E-state index contributed by atoms with van der Waals surface area (Å²) in [4.78, 5) is 2.44. The fraction of sp³-hybridized carbons (Fsp3) is 0.571. The average molecular weight is 299 g/mol. The van der Waals surface area contributed by atoms with E-state index in [1.807, 2.05) is 12.1 Å². The molecule has 1 atom stereocenters. The van der Waals surface area contributed by atoms with Crippen LogP contribution in [0.2, 0.25) is 0 Å². The van der Waals surface area contributed by atoms with E-state index >= 15 is 0 Å². The molecule has 0 saturated heterocycles. The molecule has 0 fully saturated rings. The molecule has 96 valence electrons. The molecule has 1 rings (SSSR count). The fourth-order valence-electron chi connectivity index (χ4n) is 1.99. The zero-order valence-electron chi connectivity index (χ0n) is 11.0. The highest BCUT2D eigenvalue weighted by Crippen LogP contribution is 2.19. The monoisotopic (exact) mass is 298 g/mol. The summed E-state index contributed by atoms with van der Waals surface area (Å²) in [5.41, 5.74) is 7.43. The van der Waals surface area contributed by atoms with Gasteiger partial charge in [-0.2, -0.15) is 0 Å². The van der Waals surface area contributed by atoms with E-state index in [0.717, 1.165) is 24.0 Å². The highest BCUT2D eigenvalue weighted by atomic mass is 79.9. The lowest BCUT2D eigenvalue weighted by atomic mass is 10.0. The Morgan fingerprint density at radius 2 is 2.06 bits per heavy atom. The molecule has 0 heterocycles. The van der Waals surface area contributed by atoms with Gasteiger partial charge in [-0.1, -0.05) is 35.0 Å². The predicted molar refractivity (Wildman–Crippen MR) is 78.1 cm³/mol. The van der Waals surface area contributed by atoms with Crippen LogP contribution < -0.4 is 5.73 Å². The van der Waals surface area contributed by atoms with Crippen LogP contribution in [-0.2, 0) is 0 Å². The summed E-state index contributed by atoms with van der Waals surface area (Å²) in [7, 11) is 0. The predicted octanol–water partition coefficient (Wildman–Crippen LogP) is 3.57. The summed E-state index contributed by atoms with van der Waals surface area (Å²) >= 11 is 3.48. The highest BCUT2D eigenvalue weighted by Gasteiger charge is 2.11. The molecule has 17 heavy (non-hydrogen) atoms. The summed E-state index contributed by atoms with van der Waals surface area (Å²) in [5.74, 6) is 0. The van der Waals surface area contributed by atoms with Crippen LogP contribution in [0.5, 0.6) is 0 Å². The maximum Gasteiger partial charge on any atom is 0.0307 e. The smallest absolute Gasteiger partial charge is 0.0307 e. The van der Waals surface area contributed by atoms with Crippen LogP contribution in [0.1, 0.15) is 38.8 Å². The van der Waals surface area contributed by atoms with E-state index in [4.69, 9.17) is 5.73 Å². The fourth-order valence-corrected chi connectivity index (χ4v) is 2.41. The maximum atomic E-state index is 6.22. The van der Waals surface area contributed by atoms with Gasteiger partial charge in [-0.05, 0) is 44.5 Å². The van der Waals surface area contributed by atoms with Crippen molar-refractivity contribution in [3.63, 3.8) is 0 Å². The van der Waals surface area contributed by atoms with E-state index < -0.39 is 0 Å². The van der Waals surface area contributed by atoms with Gasteiger partial charge in [0.2, 0.25) is 0 Å². The minimum absolute atomic E-state index is 0.125. The quantitative estimate of drug-likeness (QED) is 0.870. The summed E-state index contributed by atoms with van der Waals surface area (Å²) in [6.45, 7) is 8.80. The first-order chi connectivity index (χ1) is 8.04. The molecular formula is C14H23BrN2. The van der Waals surface area contributed by atoms with E-state index in [2.05, 4.69) is 53.7 Å². The first-order valence-electron chi connectivity index (χ1n) is 6.29. The van der Waals surface area contributed by atoms with Gasteiger partial charge < -0.3 is 10.6 Å². The second-order valence-electron chi connectivity index (χ2n) is 4.67. The van der Waals surface area contributed by atoms with Gasteiger partial charge in [-0.3, -0.25) is 0 Å². The molecule has 1 aromatic carbocycles. The van der Waals surface area contributed by atoms with Gasteiger partial charge >= 0.3 is 0 Å². The molecule has 0 aliphatic rings. The van der Waals surface area contributed by atoms with Crippen LogP contribution in [0.4, 0.5) is 0 Å². The van der Waals surface area contributed by atoms with Gasteiger partial charge in [0.05, 0.1) is 0 Å². The van der Waals surface area contributed by atoms with Crippen LogP contribution in [0, 0.1) is 0 Å². The lowest BCUT2D eigenvalue weighted by Gasteiger charge is -2.26. The number of halogens is 1. The van der Waals surface area contributed by atoms with Crippen molar-refractivity contribution in [3.8, 4) is 0 Å². The molecule has 2 nitrogen and oxygen atoms in total. The molecule has 0 bridgehead atoms. The normalized spacial score (nSPS) is 13.4. The van der Waals surface area contributed by atoms with Crippen molar-refractivity contribution in [3.05, 3.63) is 34.3 Å². The van der Waals surface area contributed by atoms with Crippen LogP contribution in [0.3, 0.4) is 0 Å². The number of nitrogens with two attached hydrogens (primary N) is 1. The van der Waals surface area contributed by atoms with Crippen LogP contribution in [0.25, 0.3) is 0 Å². The SMILES string of the molecule is CCN(CCC(N)c1cccc(Br)c1)C(C)C. The van der Waals surface area contributed by atoms with Crippen molar-refractivity contribution >= 4 is 15.9 Å². The van der Waals surface area contributed by atoms with Crippen molar-refractivity contribution in [2.45, 2.75) is 39.3 Å². The molecule has 0 aromatic heterocycles. The molecule has 0 amide bonds. The van der Waals surface area contributed by atoms with Gasteiger partial charge in [0, 0.05) is 23.1 Å². The minimum atomic E-state index is 0.125. The maximum absolute atomic E-state index is 6.22. The van der Waals surface area contributed by atoms with Gasteiger partial charge in [-0.15, -0.1) is 0 Å². The number of nitrogens with zero attached hydrogens (tertiary/aromatic N) is 1. The zero-order chi connectivity index (χ0) is 12.8. The standard InChI is InChI=1S/C14H23BrN2/c1-4-17(11(2)3)9-8-14(16)12-6-5-7-13(15)10-12/h5-7,10-11,14H,4,8-9,16H2,1-3H3. The molecule has 0 saturated carbocycles. The number of hydrogen-bond acceptors (Lipinski definition) is 2. The Balaban J connectivity index is 2.52. The number of benzene rings is 1. The Morgan fingerprint density at radius 3 is 2.59 bits per heavy atom. The molecule has 2 N–H and O–H groups in total. The van der Waals surface area contributed by atoms with E-state index in [-0.39, 0.29) is 6.04 Å². The molecule has 0 aliphatic carbocycles. The molecule has 1 aromatic rings. The second-order valence-corrected chi connectivity index (χ2v) is 5.59. The molecule has 0 spiro atoms. The van der Waals surface area contributed by atoms with Crippen LogP contribution in [0.15, 0.2) is 28.7 Å². The van der Waals surface area contributed by atoms with E-state index in [1.54, 1.807) is 0 Å². The molecule has 0 aliphatic heterocycles. The van der Waals surface area contributed by atoms with E-state index in [0.29, 0.717) is 6.04 Å². The topological polar surface area (TPSA) is 29.3 Å². The molecular weight excluding hydrogens is 276 g/mol.